The van der Waals surface area contributed by atoms with Crippen molar-refractivity contribution in [3.63, 3.8) is 0 Å². The first-order valence-corrected chi connectivity index (χ1v) is 7.76. The van der Waals surface area contributed by atoms with Crippen LogP contribution < -0.4 is 10.6 Å². The van der Waals surface area contributed by atoms with E-state index in [9.17, 15) is 4.79 Å². The van der Waals surface area contributed by atoms with Gasteiger partial charge in [0.25, 0.3) is 5.91 Å². The van der Waals surface area contributed by atoms with Crippen LogP contribution in [0.2, 0.25) is 0 Å². The molecule has 2 aliphatic heterocycles. The predicted octanol–water partition coefficient (Wildman–Crippen LogP) is 0.600. The van der Waals surface area contributed by atoms with Crippen LogP contribution in [0, 0.1) is 11.8 Å². The van der Waals surface area contributed by atoms with Crippen molar-refractivity contribution in [2.45, 2.75) is 19.5 Å². The minimum Gasteiger partial charge on any atom is -0.345 e. The molecule has 0 saturated carbocycles. The minimum absolute atomic E-state index is 0.146. The molecule has 6 heteroatoms. The van der Waals surface area contributed by atoms with Gasteiger partial charge in [0.2, 0.25) is 5.82 Å². The van der Waals surface area contributed by atoms with Crippen LogP contribution in [-0.4, -0.2) is 33.8 Å². The van der Waals surface area contributed by atoms with Gasteiger partial charge in [0, 0.05) is 19.5 Å². The molecule has 1 aromatic carbocycles. The van der Waals surface area contributed by atoms with Crippen LogP contribution >= 0.6 is 0 Å². The molecule has 0 aliphatic carbocycles. The summed E-state index contributed by atoms with van der Waals surface area (Å²) in [4.78, 5) is 12.4. The van der Waals surface area contributed by atoms with Crippen LogP contribution in [0.5, 0.6) is 0 Å². The fourth-order valence-electron chi connectivity index (χ4n) is 3.41. The van der Waals surface area contributed by atoms with Gasteiger partial charge in [-0.15, -0.1) is 10.2 Å². The molecule has 2 N–H and O–H groups in total. The number of nitrogens with zero attached hydrogens (tertiary/aromatic N) is 3. The molecule has 4 rings (SSSR count). The van der Waals surface area contributed by atoms with Crippen LogP contribution in [0.15, 0.2) is 30.3 Å². The van der Waals surface area contributed by atoms with E-state index in [0.29, 0.717) is 24.2 Å². The molecule has 2 aromatic rings. The number of nitrogens with one attached hydrogen (secondary N) is 2. The summed E-state index contributed by atoms with van der Waals surface area (Å²) in [5.74, 6) is 2.46. The summed E-state index contributed by atoms with van der Waals surface area (Å²) in [7, 11) is 0. The number of benzene rings is 1. The van der Waals surface area contributed by atoms with Gasteiger partial charge in [-0.25, -0.2) is 0 Å². The van der Waals surface area contributed by atoms with Crippen LogP contribution in [0.25, 0.3) is 0 Å². The second-order valence-electron chi connectivity index (χ2n) is 6.10. The third-order valence-electron chi connectivity index (χ3n) is 4.67. The Morgan fingerprint density at radius 1 is 1.23 bits per heavy atom. The van der Waals surface area contributed by atoms with Gasteiger partial charge in [-0.2, -0.15) is 0 Å². The zero-order valence-electron chi connectivity index (χ0n) is 12.3. The van der Waals surface area contributed by atoms with Crippen LogP contribution in [0.3, 0.4) is 0 Å². The van der Waals surface area contributed by atoms with Gasteiger partial charge in [-0.3, -0.25) is 4.79 Å². The van der Waals surface area contributed by atoms with Crippen LogP contribution in [0.1, 0.15) is 22.0 Å². The van der Waals surface area contributed by atoms with Crippen molar-refractivity contribution in [3.05, 3.63) is 47.5 Å². The molecular weight excluding hydrogens is 278 g/mol. The fraction of sp³-hybridized carbons (Fsp3) is 0.438. The third kappa shape index (κ3) is 2.39. The lowest BCUT2D eigenvalue weighted by molar-refractivity contribution is 0.0932. The summed E-state index contributed by atoms with van der Waals surface area (Å²) in [5, 5.41) is 14.7. The highest BCUT2D eigenvalue weighted by atomic mass is 16.2. The molecule has 0 bridgehead atoms. The van der Waals surface area contributed by atoms with Gasteiger partial charge >= 0.3 is 0 Å². The molecule has 22 heavy (non-hydrogen) atoms. The minimum atomic E-state index is -0.146. The van der Waals surface area contributed by atoms with E-state index in [1.54, 1.807) is 0 Å². The Morgan fingerprint density at radius 3 is 2.91 bits per heavy atom. The molecule has 1 aromatic heterocycles. The highest BCUT2D eigenvalue weighted by molar-refractivity contribution is 5.90. The number of amides is 1. The normalized spacial score (nSPS) is 22.9. The molecule has 0 radical (unpaired) electrons. The van der Waals surface area contributed by atoms with E-state index in [1.165, 1.54) is 0 Å². The standard InChI is InChI=1S/C16H19N5O/c22-16(18-7-11-4-2-1-3-5-11)15-20-19-14-6-12-8-17-9-13(12)10-21(14)15/h1-5,12-13,17H,6-10H2,(H,18,22)/t12-,13+/m0/s1. The van der Waals surface area contributed by atoms with Crippen molar-refractivity contribution in [2.24, 2.45) is 11.8 Å². The van der Waals surface area contributed by atoms with Crippen molar-refractivity contribution in [1.29, 1.82) is 0 Å². The van der Waals surface area contributed by atoms with Gasteiger partial charge in [0.15, 0.2) is 0 Å². The van der Waals surface area contributed by atoms with Crippen molar-refractivity contribution >= 4 is 5.91 Å². The largest absolute Gasteiger partial charge is 0.345 e. The highest BCUT2D eigenvalue weighted by Crippen LogP contribution is 2.28. The molecule has 0 unspecified atom stereocenters. The van der Waals surface area contributed by atoms with Gasteiger partial charge in [0.05, 0.1) is 0 Å². The molecular formula is C16H19N5O. The lowest BCUT2D eigenvalue weighted by atomic mass is 9.89. The Labute approximate surface area is 128 Å². The van der Waals surface area contributed by atoms with E-state index in [0.717, 1.165) is 37.4 Å². The van der Waals surface area contributed by atoms with E-state index >= 15 is 0 Å². The average molecular weight is 297 g/mol. The highest BCUT2D eigenvalue weighted by Gasteiger charge is 2.35. The maximum absolute atomic E-state index is 12.4. The molecule has 114 valence electrons. The molecule has 2 aliphatic rings. The van der Waals surface area contributed by atoms with E-state index < -0.39 is 0 Å². The summed E-state index contributed by atoms with van der Waals surface area (Å²) in [6, 6.07) is 9.89. The van der Waals surface area contributed by atoms with E-state index in [1.807, 2.05) is 34.9 Å². The number of fused-ring (bicyclic) bond motifs is 2. The maximum atomic E-state index is 12.4. The molecule has 1 fully saturated rings. The zero-order chi connectivity index (χ0) is 14.9. The zero-order valence-corrected chi connectivity index (χ0v) is 12.3. The number of hydrogen-bond donors (Lipinski definition) is 2. The van der Waals surface area contributed by atoms with Crippen LogP contribution in [-0.2, 0) is 19.5 Å². The summed E-state index contributed by atoms with van der Waals surface area (Å²) in [5.41, 5.74) is 1.08. The van der Waals surface area contributed by atoms with E-state index in [-0.39, 0.29) is 5.91 Å². The smallest absolute Gasteiger partial charge is 0.289 e. The SMILES string of the molecule is O=C(NCc1ccccc1)c1nnc2n1C[C@H]1CNC[C@@H]1C2. The number of hydrogen-bond acceptors (Lipinski definition) is 4. The molecule has 6 nitrogen and oxygen atoms in total. The maximum Gasteiger partial charge on any atom is 0.289 e. The third-order valence-corrected chi connectivity index (χ3v) is 4.67. The Hall–Kier alpha value is -2.21. The summed E-state index contributed by atoms with van der Waals surface area (Å²) < 4.78 is 1.99. The predicted molar refractivity (Wildman–Crippen MR) is 81.2 cm³/mol. The topological polar surface area (TPSA) is 71.8 Å². The van der Waals surface area contributed by atoms with Crippen LogP contribution in [0.4, 0.5) is 0 Å². The number of carbonyl (C=O) groups is 1. The molecule has 1 amide bonds. The number of rotatable bonds is 3. The quantitative estimate of drug-likeness (QED) is 0.870. The first kappa shape index (κ1) is 13.5. The average Bonchev–Trinajstić information content (AvgIpc) is 3.17. The Morgan fingerprint density at radius 2 is 2.05 bits per heavy atom. The van der Waals surface area contributed by atoms with Crippen molar-refractivity contribution < 1.29 is 4.79 Å². The van der Waals surface area contributed by atoms with Crippen molar-refractivity contribution in [1.82, 2.24) is 25.4 Å². The van der Waals surface area contributed by atoms with Gasteiger partial charge < -0.3 is 15.2 Å². The van der Waals surface area contributed by atoms with Gasteiger partial charge in [0.1, 0.15) is 5.82 Å². The van der Waals surface area contributed by atoms with Crippen molar-refractivity contribution in [3.8, 4) is 0 Å². The summed E-state index contributed by atoms with van der Waals surface area (Å²) in [6.45, 7) is 3.42. The molecule has 2 atom stereocenters. The molecule has 0 spiro atoms. The Balaban J connectivity index is 1.48. The molecule has 3 heterocycles. The lowest BCUT2D eigenvalue weighted by Crippen LogP contribution is -2.32. The molecule has 1 saturated heterocycles. The first-order chi connectivity index (χ1) is 10.8. The first-order valence-electron chi connectivity index (χ1n) is 7.76. The number of carbonyl (C=O) groups excluding carboxylic acids is 1. The van der Waals surface area contributed by atoms with E-state index in [4.69, 9.17) is 0 Å². The number of aromatic nitrogens is 3. The van der Waals surface area contributed by atoms with Gasteiger partial charge in [-0.1, -0.05) is 30.3 Å². The Bertz CT molecular complexity index is 681. The second-order valence-corrected chi connectivity index (χ2v) is 6.10. The lowest BCUT2D eigenvalue weighted by Gasteiger charge is -2.25. The van der Waals surface area contributed by atoms with E-state index in [2.05, 4.69) is 20.8 Å². The second kappa shape index (κ2) is 5.53. The van der Waals surface area contributed by atoms with Gasteiger partial charge in [-0.05, 0) is 30.5 Å². The fourth-order valence-corrected chi connectivity index (χ4v) is 3.41. The van der Waals surface area contributed by atoms with Crippen molar-refractivity contribution in [2.75, 3.05) is 13.1 Å². The summed E-state index contributed by atoms with van der Waals surface area (Å²) >= 11 is 0. The monoisotopic (exact) mass is 297 g/mol. The summed E-state index contributed by atoms with van der Waals surface area (Å²) in [6.07, 6.45) is 0.913. The Kier molecular flexibility index (Phi) is 3.38.